The summed E-state index contributed by atoms with van der Waals surface area (Å²) in [6.07, 6.45) is 3.78. The molecule has 184 valence electrons. The molecule has 2 aliphatic rings. The molecule has 36 heavy (non-hydrogen) atoms. The maximum atomic E-state index is 10.2. The summed E-state index contributed by atoms with van der Waals surface area (Å²) in [5.41, 5.74) is 9.97. The second kappa shape index (κ2) is 9.14. The van der Waals surface area contributed by atoms with Gasteiger partial charge < -0.3 is 10.0 Å². The van der Waals surface area contributed by atoms with Crippen LogP contribution in [0.4, 0.5) is 5.69 Å². The van der Waals surface area contributed by atoms with Crippen molar-refractivity contribution < 1.29 is 5.11 Å². The smallest absolute Gasteiger partial charge is 0.115 e. The Morgan fingerprint density at radius 1 is 0.833 bits per heavy atom. The van der Waals surface area contributed by atoms with Crippen molar-refractivity contribution in [1.82, 2.24) is 14.7 Å². The van der Waals surface area contributed by atoms with Gasteiger partial charge in [0.2, 0.25) is 0 Å². The first-order valence-corrected chi connectivity index (χ1v) is 13.0. The number of aryl methyl sites for hydroxylation is 2. The first-order chi connectivity index (χ1) is 17.5. The molecule has 0 radical (unpaired) electrons. The molecule has 0 amide bonds. The van der Waals surface area contributed by atoms with Crippen molar-refractivity contribution in [3.8, 4) is 5.75 Å². The highest BCUT2D eigenvalue weighted by Gasteiger charge is 2.23. The van der Waals surface area contributed by atoms with Gasteiger partial charge in [-0.3, -0.25) is 9.58 Å². The van der Waals surface area contributed by atoms with Crippen LogP contribution in [-0.4, -0.2) is 52.0 Å². The Balaban J connectivity index is 1.41. The summed E-state index contributed by atoms with van der Waals surface area (Å²) >= 11 is 0. The Morgan fingerprint density at radius 2 is 1.58 bits per heavy atom. The van der Waals surface area contributed by atoms with Crippen molar-refractivity contribution in [2.75, 3.05) is 31.1 Å². The standard InChI is InChI=1S/C31H34N4O/c1-21(2)34-14-16-35(17-15-34)26-9-6-22(7-10-26)31-28(12-8-23-18-27(36)11-13-29(23)31)24-4-5-25-20-32-33(3)30(25)19-24/h4-7,9-11,13,18-21,36H,8,12,14-17H2,1-3H3. The van der Waals surface area contributed by atoms with Gasteiger partial charge in [0, 0.05) is 50.3 Å². The van der Waals surface area contributed by atoms with E-state index in [0.29, 0.717) is 11.8 Å². The van der Waals surface area contributed by atoms with Crippen LogP contribution < -0.4 is 4.90 Å². The minimum absolute atomic E-state index is 0.337. The molecule has 1 aliphatic carbocycles. The third kappa shape index (κ3) is 4.07. The maximum Gasteiger partial charge on any atom is 0.115 e. The quantitative estimate of drug-likeness (QED) is 0.408. The fourth-order valence-corrected chi connectivity index (χ4v) is 5.86. The van der Waals surface area contributed by atoms with Gasteiger partial charge in [0.25, 0.3) is 0 Å². The van der Waals surface area contributed by atoms with Crippen LogP contribution in [0.2, 0.25) is 0 Å². The molecular formula is C31H34N4O. The van der Waals surface area contributed by atoms with Crippen LogP contribution in [0.25, 0.3) is 22.0 Å². The number of hydrogen-bond donors (Lipinski definition) is 1. The number of aromatic hydroxyl groups is 1. The molecular weight excluding hydrogens is 444 g/mol. The zero-order valence-electron chi connectivity index (χ0n) is 21.4. The summed E-state index contributed by atoms with van der Waals surface area (Å²) in [5.74, 6) is 0.337. The summed E-state index contributed by atoms with van der Waals surface area (Å²) in [4.78, 5) is 5.05. The number of anilines is 1. The molecule has 1 fully saturated rings. The van der Waals surface area contributed by atoms with E-state index in [9.17, 15) is 5.11 Å². The van der Waals surface area contributed by atoms with Crippen LogP contribution in [0.3, 0.4) is 0 Å². The van der Waals surface area contributed by atoms with Gasteiger partial charge >= 0.3 is 0 Å². The number of rotatable bonds is 4. The van der Waals surface area contributed by atoms with Crippen molar-refractivity contribution in [2.24, 2.45) is 7.05 Å². The average molecular weight is 479 g/mol. The van der Waals surface area contributed by atoms with Crippen molar-refractivity contribution in [3.05, 3.63) is 89.1 Å². The average Bonchev–Trinajstić information content (AvgIpc) is 3.28. The van der Waals surface area contributed by atoms with Crippen molar-refractivity contribution in [3.63, 3.8) is 0 Å². The molecule has 0 saturated carbocycles. The lowest BCUT2D eigenvalue weighted by molar-refractivity contribution is 0.209. The van der Waals surface area contributed by atoms with Crippen LogP contribution >= 0.6 is 0 Å². The molecule has 1 aliphatic heterocycles. The van der Waals surface area contributed by atoms with E-state index in [2.05, 4.69) is 77.3 Å². The normalized spacial score (nSPS) is 16.7. The molecule has 5 heteroatoms. The molecule has 0 bridgehead atoms. The van der Waals surface area contributed by atoms with E-state index in [1.54, 1.807) is 0 Å². The van der Waals surface area contributed by atoms with Crippen LogP contribution in [0, 0.1) is 0 Å². The molecule has 0 unspecified atom stereocenters. The number of hydrogen-bond acceptors (Lipinski definition) is 4. The molecule has 1 N–H and O–H groups in total. The van der Waals surface area contributed by atoms with E-state index in [4.69, 9.17) is 0 Å². The topological polar surface area (TPSA) is 44.5 Å². The fraction of sp³-hybridized carbons (Fsp3) is 0.323. The predicted octanol–water partition coefficient (Wildman–Crippen LogP) is 5.71. The lowest BCUT2D eigenvalue weighted by Crippen LogP contribution is -2.48. The van der Waals surface area contributed by atoms with Crippen LogP contribution in [0.5, 0.6) is 5.75 Å². The first-order valence-electron chi connectivity index (χ1n) is 13.0. The highest BCUT2D eigenvalue weighted by molar-refractivity contribution is 6.02. The molecule has 0 atom stereocenters. The predicted molar refractivity (Wildman–Crippen MR) is 148 cm³/mol. The maximum absolute atomic E-state index is 10.2. The van der Waals surface area contributed by atoms with E-state index < -0.39 is 0 Å². The molecule has 4 aromatic rings. The number of phenolic OH excluding ortho intramolecular Hbond substituents is 1. The molecule has 3 aromatic carbocycles. The number of fused-ring (bicyclic) bond motifs is 2. The van der Waals surface area contributed by atoms with E-state index >= 15 is 0 Å². The van der Waals surface area contributed by atoms with Gasteiger partial charge in [0.05, 0.1) is 11.7 Å². The molecule has 0 spiro atoms. The third-order valence-electron chi connectivity index (χ3n) is 7.97. The van der Waals surface area contributed by atoms with Crippen molar-refractivity contribution >= 4 is 27.7 Å². The summed E-state index contributed by atoms with van der Waals surface area (Å²) in [6.45, 7) is 8.92. The third-order valence-corrected chi connectivity index (χ3v) is 7.97. The molecule has 5 nitrogen and oxygen atoms in total. The van der Waals surface area contributed by atoms with E-state index in [-0.39, 0.29) is 0 Å². The summed E-state index contributed by atoms with van der Waals surface area (Å²) < 4.78 is 1.95. The fourth-order valence-electron chi connectivity index (χ4n) is 5.86. The van der Waals surface area contributed by atoms with Gasteiger partial charge in [-0.05, 0) is 90.4 Å². The Morgan fingerprint density at radius 3 is 2.33 bits per heavy atom. The highest BCUT2D eigenvalue weighted by Crippen LogP contribution is 2.42. The Hall–Kier alpha value is -3.57. The Kier molecular flexibility index (Phi) is 5.81. The number of allylic oxidation sites excluding steroid dienone is 1. The van der Waals surface area contributed by atoms with Crippen LogP contribution in [0.15, 0.2) is 66.9 Å². The second-order valence-electron chi connectivity index (χ2n) is 10.4. The SMILES string of the molecule is CC(C)N1CCN(c2ccc(C3=C(c4ccc5cnn(C)c5c4)CCc4cc(O)ccc43)cc2)CC1. The number of nitrogens with zero attached hydrogens (tertiary/aromatic N) is 4. The molecule has 1 saturated heterocycles. The number of aromatic nitrogens is 2. The Labute approximate surface area is 213 Å². The van der Waals surface area contributed by atoms with Gasteiger partial charge in [-0.2, -0.15) is 5.10 Å². The van der Waals surface area contributed by atoms with Gasteiger partial charge in [-0.15, -0.1) is 0 Å². The van der Waals surface area contributed by atoms with Crippen molar-refractivity contribution in [1.29, 1.82) is 0 Å². The number of benzene rings is 3. The second-order valence-corrected chi connectivity index (χ2v) is 10.4. The number of piperazine rings is 1. The van der Waals surface area contributed by atoms with E-state index in [0.717, 1.165) is 49.9 Å². The van der Waals surface area contributed by atoms with E-state index in [1.165, 1.54) is 39.1 Å². The number of phenols is 1. The van der Waals surface area contributed by atoms with Gasteiger partial charge in [0.1, 0.15) is 5.75 Å². The lowest BCUT2D eigenvalue weighted by atomic mass is 9.79. The lowest BCUT2D eigenvalue weighted by Gasteiger charge is -2.38. The van der Waals surface area contributed by atoms with Crippen LogP contribution in [-0.2, 0) is 13.5 Å². The van der Waals surface area contributed by atoms with E-state index in [1.807, 2.05) is 30.1 Å². The van der Waals surface area contributed by atoms with Crippen molar-refractivity contribution in [2.45, 2.75) is 32.7 Å². The first kappa shape index (κ1) is 22.9. The molecule has 6 rings (SSSR count). The largest absolute Gasteiger partial charge is 0.508 e. The van der Waals surface area contributed by atoms with Gasteiger partial charge in [-0.25, -0.2) is 0 Å². The monoisotopic (exact) mass is 478 g/mol. The minimum Gasteiger partial charge on any atom is -0.508 e. The molecule has 1 aromatic heterocycles. The summed E-state index contributed by atoms with van der Waals surface area (Å²) in [6, 6.07) is 22.2. The highest BCUT2D eigenvalue weighted by atomic mass is 16.3. The summed E-state index contributed by atoms with van der Waals surface area (Å²) in [5, 5.41) is 15.7. The summed E-state index contributed by atoms with van der Waals surface area (Å²) in [7, 11) is 2.00. The van der Waals surface area contributed by atoms with Gasteiger partial charge in [0.15, 0.2) is 0 Å². The zero-order chi connectivity index (χ0) is 24.8. The molecule has 2 heterocycles. The Bertz CT molecular complexity index is 1440. The zero-order valence-corrected chi connectivity index (χ0v) is 21.4. The van der Waals surface area contributed by atoms with Crippen LogP contribution in [0.1, 0.15) is 42.5 Å². The minimum atomic E-state index is 0.337. The van der Waals surface area contributed by atoms with Gasteiger partial charge in [-0.1, -0.05) is 30.3 Å².